The second-order valence-corrected chi connectivity index (χ2v) is 3.53. The van der Waals surface area contributed by atoms with Crippen molar-refractivity contribution in [3.63, 3.8) is 0 Å². The topological polar surface area (TPSA) is 77.6 Å². The Balaban J connectivity index is 1.92. The lowest BCUT2D eigenvalue weighted by Gasteiger charge is -2.13. The molecule has 0 aromatic carbocycles. The van der Waals surface area contributed by atoms with Gasteiger partial charge in [-0.3, -0.25) is 0 Å². The molecule has 7 heteroatoms. The van der Waals surface area contributed by atoms with Crippen LogP contribution in [0.5, 0.6) is 0 Å². The summed E-state index contributed by atoms with van der Waals surface area (Å²) in [5.41, 5.74) is 0.605. The Morgan fingerprint density at radius 2 is 2.31 bits per heavy atom. The molecule has 2 aromatic heterocycles. The Kier molecular flexibility index (Phi) is 2.21. The van der Waals surface area contributed by atoms with Crippen molar-refractivity contribution in [1.29, 1.82) is 0 Å². The molecule has 0 atom stereocenters. The van der Waals surface area contributed by atoms with Gasteiger partial charge in [-0.25, -0.2) is 0 Å². The summed E-state index contributed by atoms with van der Waals surface area (Å²) in [4.78, 5) is 4.31. The highest BCUT2D eigenvalue weighted by Gasteiger charge is 2.08. The fourth-order valence-electron chi connectivity index (χ4n) is 1.56. The summed E-state index contributed by atoms with van der Waals surface area (Å²) in [7, 11) is 0. The largest absolute Gasteiger partial charge is 0.481 e. The molecule has 0 N–H and O–H groups in total. The van der Waals surface area contributed by atoms with E-state index in [0.29, 0.717) is 11.5 Å². The Labute approximate surface area is 91.1 Å². The fourth-order valence-corrected chi connectivity index (χ4v) is 1.56. The quantitative estimate of drug-likeness (QED) is 0.705. The first-order valence-electron chi connectivity index (χ1n) is 5.18. The van der Waals surface area contributed by atoms with E-state index >= 15 is 0 Å². The first-order chi connectivity index (χ1) is 7.92. The van der Waals surface area contributed by atoms with Gasteiger partial charge in [0.2, 0.25) is 0 Å². The highest BCUT2D eigenvalue weighted by molar-refractivity contribution is 5.79. The third kappa shape index (κ3) is 1.71. The summed E-state index contributed by atoms with van der Waals surface area (Å²) >= 11 is 0. The first kappa shape index (κ1) is 9.20. The molecular formula is C9H10N6O. The minimum Gasteiger partial charge on any atom is -0.481 e. The van der Waals surface area contributed by atoms with Crippen molar-refractivity contribution in [3.8, 4) is 0 Å². The lowest BCUT2D eigenvalue weighted by molar-refractivity contribution is 0.260. The molecule has 0 aliphatic carbocycles. The van der Waals surface area contributed by atoms with E-state index in [4.69, 9.17) is 4.74 Å². The molecule has 1 aliphatic rings. The number of rotatable bonds is 1. The number of hydrogen-bond donors (Lipinski definition) is 0. The van der Waals surface area contributed by atoms with Gasteiger partial charge in [-0.15, -0.1) is 14.8 Å². The zero-order valence-corrected chi connectivity index (χ0v) is 8.57. The summed E-state index contributed by atoms with van der Waals surface area (Å²) < 4.78 is 6.77. The zero-order chi connectivity index (χ0) is 10.8. The summed E-state index contributed by atoms with van der Waals surface area (Å²) in [6.45, 7) is 0.742. The van der Waals surface area contributed by atoms with Gasteiger partial charge in [-0.1, -0.05) is 0 Å². The Bertz CT molecular complexity index is 526. The maximum atomic E-state index is 5.42. The normalized spacial score (nSPS) is 18.9. The first-order valence-corrected chi connectivity index (χ1v) is 5.18. The molecule has 1 saturated heterocycles. The van der Waals surface area contributed by atoms with E-state index in [2.05, 4.69) is 25.6 Å². The van der Waals surface area contributed by atoms with Crippen molar-refractivity contribution >= 4 is 17.4 Å². The average Bonchev–Trinajstić information content (AvgIpc) is 2.77. The lowest BCUT2D eigenvalue weighted by Crippen LogP contribution is -2.12. The van der Waals surface area contributed by atoms with Crippen LogP contribution in [0.4, 0.5) is 5.82 Å². The zero-order valence-electron chi connectivity index (χ0n) is 8.57. The molecule has 0 unspecified atom stereocenters. The van der Waals surface area contributed by atoms with Gasteiger partial charge in [0.1, 0.15) is 0 Å². The van der Waals surface area contributed by atoms with Crippen molar-refractivity contribution in [3.05, 3.63) is 12.1 Å². The number of nitrogens with zero attached hydrogens (tertiary/aromatic N) is 6. The van der Waals surface area contributed by atoms with E-state index in [1.165, 1.54) is 4.63 Å². The molecule has 2 aromatic rings. The van der Waals surface area contributed by atoms with Crippen LogP contribution in [0.15, 0.2) is 17.1 Å². The Hall–Kier alpha value is -2.05. The van der Waals surface area contributed by atoms with Gasteiger partial charge in [-0.2, -0.15) is 4.99 Å². The van der Waals surface area contributed by atoms with E-state index in [9.17, 15) is 0 Å². The van der Waals surface area contributed by atoms with E-state index in [1.54, 1.807) is 12.1 Å². The minimum absolute atomic E-state index is 0.566. The lowest BCUT2D eigenvalue weighted by atomic mass is 10.2. The number of tetrazole rings is 1. The van der Waals surface area contributed by atoms with Crippen LogP contribution >= 0.6 is 0 Å². The molecule has 7 nitrogen and oxygen atoms in total. The van der Waals surface area contributed by atoms with Crippen LogP contribution in [0.25, 0.3) is 5.65 Å². The van der Waals surface area contributed by atoms with E-state index in [0.717, 1.165) is 31.8 Å². The van der Waals surface area contributed by atoms with Gasteiger partial charge in [0.15, 0.2) is 17.4 Å². The van der Waals surface area contributed by atoms with Gasteiger partial charge in [0, 0.05) is 6.42 Å². The maximum Gasteiger partial charge on any atom is 0.200 e. The molecule has 3 heterocycles. The van der Waals surface area contributed by atoms with Crippen molar-refractivity contribution in [2.24, 2.45) is 4.99 Å². The molecule has 16 heavy (non-hydrogen) atoms. The number of aromatic nitrogens is 5. The third-order valence-electron chi connectivity index (χ3n) is 2.35. The standard InChI is InChI=1S/C9H10N6O/c1-2-6-16-9(3-1)10-7-4-5-8-11-13-14-15(8)12-7/h4-5H,1-3,6H2. The van der Waals surface area contributed by atoms with Gasteiger partial charge < -0.3 is 4.74 Å². The van der Waals surface area contributed by atoms with Crippen LogP contribution < -0.4 is 0 Å². The number of ether oxygens (including phenoxy) is 1. The summed E-state index contributed by atoms with van der Waals surface area (Å²) in [5, 5.41) is 15.1. The van der Waals surface area contributed by atoms with Gasteiger partial charge in [0.05, 0.1) is 6.61 Å². The third-order valence-corrected chi connectivity index (χ3v) is 2.35. The van der Waals surface area contributed by atoms with Crippen LogP contribution in [0, 0.1) is 0 Å². The molecule has 82 valence electrons. The highest BCUT2D eigenvalue weighted by atomic mass is 16.5. The van der Waals surface area contributed by atoms with Crippen LogP contribution in [-0.2, 0) is 4.74 Å². The molecule has 1 fully saturated rings. The van der Waals surface area contributed by atoms with E-state index in [-0.39, 0.29) is 0 Å². The number of aliphatic imine (C=N–C) groups is 1. The SMILES string of the molecule is c1cc2nnnn2nc1N=C1CCCCO1. The Morgan fingerprint density at radius 1 is 1.31 bits per heavy atom. The smallest absolute Gasteiger partial charge is 0.200 e. The highest BCUT2D eigenvalue weighted by Crippen LogP contribution is 2.13. The number of hydrogen-bond acceptors (Lipinski definition) is 6. The molecule has 0 radical (unpaired) electrons. The van der Waals surface area contributed by atoms with Crippen LogP contribution in [0.1, 0.15) is 19.3 Å². The predicted octanol–water partition coefficient (Wildman–Crippen LogP) is 0.750. The summed E-state index contributed by atoms with van der Waals surface area (Å²) in [5.74, 6) is 1.31. The van der Waals surface area contributed by atoms with Crippen LogP contribution in [-0.4, -0.2) is 37.8 Å². The molecule has 0 spiro atoms. The van der Waals surface area contributed by atoms with Crippen LogP contribution in [0.2, 0.25) is 0 Å². The fraction of sp³-hybridized carbons (Fsp3) is 0.444. The van der Waals surface area contributed by atoms with Crippen molar-refractivity contribution < 1.29 is 4.74 Å². The molecule has 0 bridgehead atoms. The molecule has 0 amide bonds. The number of fused-ring (bicyclic) bond motifs is 1. The Morgan fingerprint density at radius 3 is 3.19 bits per heavy atom. The summed E-state index contributed by atoms with van der Waals surface area (Å²) in [6.07, 6.45) is 3.08. The van der Waals surface area contributed by atoms with Crippen LogP contribution in [0.3, 0.4) is 0 Å². The second kappa shape index (κ2) is 3.84. The molecule has 1 aliphatic heterocycles. The molecule has 0 saturated carbocycles. The maximum absolute atomic E-state index is 5.42. The summed E-state index contributed by atoms with van der Waals surface area (Å²) in [6, 6.07) is 3.55. The van der Waals surface area contributed by atoms with Gasteiger partial charge >= 0.3 is 0 Å². The molecule has 3 rings (SSSR count). The van der Waals surface area contributed by atoms with Crippen molar-refractivity contribution in [2.75, 3.05) is 6.61 Å². The van der Waals surface area contributed by atoms with Gasteiger partial charge in [-0.05, 0) is 35.4 Å². The molecular weight excluding hydrogens is 208 g/mol. The monoisotopic (exact) mass is 218 g/mol. The predicted molar refractivity (Wildman–Crippen MR) is 55.5 cm³/mol. The van der Waals surface area contributed by atoms with E-state index < -0.39 is 0 Å². The average molecular weight is 218 g/mol. The van der Waals surface area contributed by atoms with Crippen molar-refractivity contribution in [2.45, 2.75) is 19.3 Å². The second-order valence-electron chi connectivity index (χ2n) is 3.53. The van der Waals surface area contributed by atoms with Crippen molar-refractivity contribution in [1.82, 2.24) is 25.3 Å². The van der Waals surface area contributed by atoms with Gasteiger partial charge in [0.25, 0.3) is 0 Å². The minimum atomic E-state index is 0.566. The van der Waals surface area contributed by atoms with E-state index in [1.807, 2.05) is 0 Å².